The Balaban J connectivity index is 2.19. The molecule has 0 radical (unpaired) electrons. The van der Waals surface area contributed by atoms with Gasteiger partial charge in [-0.25, -0.2) is 4.79 Å². The first-order valence-corrected chi connectivity index (χ1v) is 7.68. The van der Waals surface area contributed by atoms with Gasteiger partial charge in [-0.2, -0.15) is 5.26 Å². The topological polar surface area (TPSA) is 59.3 Å². The van der Waals surface area contributed by atoms with Crippen molar-refractivity contribution < 1.29 is 14.3 Å². The fourth-order valence-electron chi connectivity index (χ4n) is 2.04. The zero-order valence-corrected chi connectivity index (χ0v) is 13.7. The Hall–Kier alpha value is -3.06. The first kappa shape index (κ1) is 17.3. The highest BCUT2D eigenvalue weighted by Crippen LogP contribution is 2.22. The number of ether oxygens (including phenoxy) is 2. The normalized spacial score (nSPS) is 11.0. The van der Waals surface area contributed by atoms with Crippen LogP contribution in [0.1, 0.15) is 25.0 Å². The summed E-state index contributed by atoms with van der Waals surface area (Å²) in [5.41, 5.74) is 1.64. The van der Waals surface area contributed by atoms with Gasteiger partial charge in [-0.05, 0) is 31.6 Å². The minimum absolute atomic E-state index is 0.0561. The van der Waals surface area contributed by atoms with Crippen molar-refractivity contribution in [2.24, 2.45) is 0 Å². The Bertz CT molecular complexity index is 758. The second-order valence-corrected chi connectivity index (χ2v) is 5.44. The van der Waals surface area contributed by atoms with Crippen molar-refractivity contribution in [3.8, 4) is 11.8 Å². The second kappa shape index (κ2) is 8.54. The van der Waals surface area contributed by atoms with Crippen LogP contribution in [-0.2, 0) is 16.1 Å². The molecule has 24 heavy (non-hydrogen) atoms. The molecule has 4 heteroatoms. The summed E-state index contributed by atoms with van der Waals surface area (Å²) in [5, 5.41) is 9.21. The van der Waals surface area contributed by atoms with Gasteiger partial charge in [-0.15, -0.1) is 0 Å². The van der Waals surface area contributed by atoms with Gasteiger partial charge in [-0.3, -0.25) is 0 Å². The average molecular weight is 321 g/mol. The third-order valence-electron chi connectivity index (χ3n) is 3.14. The maximum atomic E-state index is 11.9. The zero-order chi connectivity index (χ0) is 17.4. The van der Waals surface area contributed by atoms with E-state index in [1.54, 1.807) is 26.0 Å². The number of hydrogen-bond donors (Lipinski definition) is 0. The first-order valence-electron chi connectivity index (χ1n) is 7.68. The molecule has 2 rings (SSSR count). The van der Waals surface area contributed by atoms with E-state index < -0.39 is 5.97 Å². The van der Waals surface area contributed by atoms with Crippen LogP contribution >= 0.6 is 0 Å². The largest absolute Gasteiger partial charge is 0.488 e. The SMILES string of the molecule is CC(C)OC(=O)C(C#N)=Cc1ccccc1OCc1ccccc1. The van der Waals surface area contributed by atoms with Crippen LogP contribution < -0.4 is 4.74 Å². The summed E-state index contributed by atoms with van der Waals surface area (Å²) in [5.74, 6) is -0.0307. The zero-order valence-electron chi connectivity index (χ0n) is 13.7. The molecule has 0 spiro atoms. The summed E-state index contributed by atoms with van der Waals surface area (Å²) in [6, 6.07) is 18.9. The van der Waals surface area contributed by atoms with Gasteiger partial charge in [0, 0.05) is 5.56 Å². The molecule has 0 atom stereocenters. The molecule has 2 aromatic carbocycles. The molecule has 0 saturated heterocycles. The van der Waals surface area contributed by atoms with Crippen molar-refractivity contribution in [2.75, 3.05) is 0 Å². The summed E-state index contributed by atoms with van der Waals surface area (Å²) >= 11 is 0. The number of esters is 1. The Morgan fingerprint density at radius 3 is 2.46 bits per heavy atom. The number of carbonyl (C=O) groups is 1. The van der Waals surface area contributed by atoms with E-state index in [4.69, 9.17) is 9.47 Å². The number of hydrogen-bond acceptors (Lipinski definition) is 4. The van der Waals surface area contributed by atoms with Crippen LogP contribution in [0.5, 0.6) is 5.75 Å². The summed E-state index contributed by atoms with van der Waals surface area (Å²) in [6.45, 7) is 3.89. The maximum absolute atomic E-state index is 11.9. The third-order valence-corrected chi connectivity index (χ3v) is 3.14. The molecule has 0 bridgehead atoms. The Morgan fingerprint density at radius 1 is 1.12 bits per heavy atom. The third kappa shape index (κ3) is 4.99. The van der Waals surface area contributed by atoms with E-state index in [2.05, 4.69) is 0 Å². The predicted octanol–water partition coefficient (Wildman–Crippen LogP) is 4.12. The van der Waals surface area contributed by atoms with Crippen LogP contribution in [0.4, 0.5) is 0 Å². The summed E-state index contributed by atoms with van der Waals surface area (Å²) in [4.78, 5) is 11.9. The average Bonchev–Trinajstić information content (AvgIpc) is 2.59. The minimum atomic E-state index is -0.634. The Morgan fingerprint density at radius 2 is 1.79 bits per heavy atom. The smallest absolute Gasteiger partial charge is 0.349 e. The van der Waals surface area contributed by atoms with Gasteiger partial charge in [0.25, 0.3) is 0 Å². The van der Waals surface area contributed by atoms with Crippen molar-refractivity contribution in [1.29, 1.82) is 5.26 Å². The lowest BCUT2D eigenvalue weighted by molar-refractivity contribution is -0.142. The summed E-state index contributed by atoms with van der Waals surface area (Å²) in [6.07, 6.45) is 1.21. The Kier molecular flexibility index (Phi) is 6.16. The van der Waals surface area contributed by atoms with Crippen molar-refractivity contribution in [3.63, 3.8) is 0 Å². The van der Waals surface area contributed by atoms with Gasteiger partial charge in [0.05, 0.1) is 6.10 Å². The molecule has 0 amide bonds. The first-order chi connectivity index (χ1) is 11.6. The molecule has 0 fully saturated rings. The van der Waals surface area contributed by atoms with E-state index >= 15 is 0 Å². The molecule has 0 aliphatic heterocycles. The van der Waals surface area contributed by atoms with Crippen molar-refractivity contribution >= 4 is 12.0 Å². The highest BCUT2D eigenvalue weighted by molar-refractivity contribution is 5.98. The molecular weight excluding hydrogens is 302 g/mol. The fraction of sp³-hybridized carbons (Fsp3) is 0.200. The lowest BCUT2D eigenvalue weighted by atomic mass is 10.1. The summed E-state index contributed by atoms with van der Waals surface area (Å²) in [7, 11) is 0. The number of nitrogens with zero attached hydrogens (tertiary/aromatic N) is 1. The van der Waals surface area contributed by atoms with Gasteiger partial charge >= 0.3 is 5.97 Å². The molecule has 0 N–H and O–H groups in total. The number of nitriles is 1. The molecule has 2 aromatic rings. The maximum Gasteiger partial charge on any atom is 0.349 e. The molecule has 0 heterocycles. The summed E-state index contributed by atoms with van der Waals surface area (Å²) < 4.78 is 10.9. The van der Waals surface area contributed by atoms with E-state index in [-0.39, 0.29) is 11.7 Å². The lowest BCUT2D eigenvalue weighted by Crippen LogP contribution is -2.12. The molecular formula is C20H19NO3. The standard InChI is InChI=1S/C20H19NO3/c1-15(2)24-20(22)18(13-21)12-17-10-6-7-11-19(17)23-14-16-8-4-3-5-9-16/h3-12,15H,14H2,1-2H3. The van der Waals surface area contributed by atoms with Gasteiger partial charge in [-0.1, -0.05) is 48.5 Å². The number of carbonyl (C=O) groups excluding carboxylic acids is 1. The van der Waals surface area contributed by atoms with Crippen molar-refractivity contribution in [3.05, 3.63) is 71.3 Å². The highest BCUT2D eigenvalue weighted by Gasteiger charge is 2.13. The van der Waals surface area contributed by atoms with Crippen LogP contribution in [0.3, 0.4) is 0 Å². The van der Waals surface area contributed by atoms with Crippen molar-refractivity contribution in [2.45, 2.75) is 26.6 Å². The predicted molar refractivity (Wildman–Crippen MR) is 92.0 cm³/mol. The van der Waals surface area contributed by atoms with E-state index in [9.17, 15) is 10.1 Å². The van der Waals surface area contributed by atoms with Crippen LogP contribution in [0.15, 0.2) is 60.2 Å². The minimum Gasteiger partial charge on any atom is -0.488 e. The van der Waals surface area contributed by atoms with Crippen LogP contribution in [0.25, 0.3) is 6.08 Å². The second-order valence-electron chi connectivity index (χ2n) is 5.44. The molecule has 0 unspecified atom stereocenters. The van der Waals surface area contributed by atoms with Crippen LogP contribution in [-0.4, -0.2) is 12.1 Å². The molecule has 0 saturated carbocycles. The van der Waals surface area contributed by atoms with Gasteiger partial charge in [0.15, 0.2) is 0 Å². The van der Waals surface area contributed by atoms with Crippen LogP contribution in [0, 0.1) is 11.3 Å². The Labute approximate surface area is 141 Å². The van der Waals surface area contributed by atoms with Gasteiger partial charge < -0.3 is 9.47 Å². The van der Waals surface area contributed by atoms with Crippen LogP contribution in [0.2, 0.25) is 0 Å². The molecule has 0 aliphatic carbocycles. The number of para-hydroxylation sites is 1. The lowest BCUT2D eigenvalue weighted by Gasteiger charge is -2.10. The molecule has 0 aliphatic rings. The number of benzene rings is 2. The van der Waals surface area contributed by atoms with E-state index in [0.717, 1.165) is 5.56 Å². The van der Waals surface area contributed by atoms with Crippen molar-refractivity contribution in [1.82, 2.24) is 0 Å². The number of rotatable bonds is 6. The molecule has 4 nitrogen and oxygen atoms in total. The highest BCUT2D eigenvalue weighted by atomic mass is 16.5. The van der Waals surface area contributed by atoms with E-state index in [1.807, 2.05) is 48.5 Å². The fourth-order valence-corrected chi connectivity index (χ4v) is 2.04. The monoisotopic (exact) mass is 321 g/mol. The molecule has 122 valence electrons. The molecule has 0 aromatic heterocycles. The van der Waals surface area contributed by atoms with Gasteiger partial charge in [0.1, 0.15) is 24.0 Å². The van der Waals surface area contributed by atoms with E-state index in [0.29, 0.717) is 17.9 Å². The quantitative estimate of drug-likeness (QED) is 0.456. The van der Waals surface area contributed by atoms with Gasteiger partial charge in [0.2, 0.25) is 0 Å². The van der Waals surface area contributed by atoms with E-state index in [1.165, 1.54) is 6.08 Å².